The van der Waals surface area contributed by atoms with Crippen LogP contribution in [0.4, 0.5) is 0 Å². The fourth-order valence-corrected chi connectivity index (χ4v) is 5.46. The molecule has 1 saturated heterocycles. The first-order valence-electron chi connectivity index (χ1n) is 10.2. The van der Waals surface area contributed by atoms with Crippen LogP contribution in [0.1, 0.15) is 11.1 Å². The first kappa shape index (κ1) is 20.6. The Morgan fingerprint density at radius 1 is 0.967 bits per heavy atom. The Labute approximate surface area is 177 Å². The van der Waals surface area contributed by atoms with Crippen molar-refractivity contribution in [2.24, 2.45) is 0 Å². The van der Waals surface area contributed by atoms with Crippen molar-refractivity contribution >= 4 is 26.6 Å². The Morgan fingerprint density at radius 2 is 1.63 bits per heavy atom. The van der Waals surface area contributed by atoms with E-state index >= 15 is 0 Å². The van der Waals surface area contributed by atoms with Gasteiger partial charge in [0.1, 0.15) is 6.54 Å². The molecule has 0 spiro atoms. The predicted octanol–water partition coefficient (Wildman–Crippen LogP) is 2.70. The molecule has 158 valence electrons. The molecule has 4 rings (SSSR count). The maximum Gasteiger partial charge on any atom is 0.242 e. The highest BCUT2D eigenvalue weighted by Crippen LogP contribution is 2.28. The van der Waals surface area contributed by atoms with Gasteiger partial charge in [0.05, 0.1) is 10.6 Å². The average molecular weight is 426 g/mol. The van der Waals surface area contributed by atoms with Gasteiger partial charge in [-0.15, -0.1) is 0 Å². The summed E-state index contributed by atoms with van der Waals surface area (Å²) in [5.74, 6) is -0.0421. The smallest absolute Gasteiger partial charge is 0.242 e. The minimum Gasteiger partial charge on any atom is -0.339 e. The number of aryl methyl sites for hydroxylation is 1. The van der Waals surface area contributed by atoms with Crippen LogP contribution in [-0.2, 0) is 26.9 Å². The van der Waals surface area contributed by atoms with E-state index in [0.29, 0.717) is 18.5 Å². The van der Waals surface area contributed by atoms with E-state index in [4.69, 9.17) is 0 Å². The number of hydrogen-bond acceptors (Lipinski definition) is 4. The van der Waals surface area contributed by atoms with Crippen LogP contribution in [0.15, 0.2) is 59.6 Å². The van der Waals surface area contributed by atoms with Crippen LogP contribution in [0.2, 0.25) is 0 Å². The van der Waals surface area contributed by atoms with Crippen LogP contribution < -0.4 is 0 Å². The number of carbonyl (C=O) groups is 1. The molecule has 6 nitrogen and oxygen atoms in total. The van der Waals surface area contributed by atoms with Gasteiger partial charge in [0.15, 0.2) is 9.84 Å². The largest absolute Gasteiger partial charge is 0.339 e. The molecule has 30 heavy (non-hydrogen) atoms. The number of nitrogens with zero attached hydrogens (tertiary/aromatic N) is 3. The van der Waals surface area contributed by atoms with E-state index in [0.717, 1.165) is 29.7 Å². The van der Waals surface area contributed by atoms with Gasteiger partial charge >= 0.3 is 0 Å². The number of carbonyl (C=O) groups excluding carboxylic acids is 1. The zero-order valence-electron chi connectivity index (χ0n) is 17.4. The van der Waals surface area contributed by atoms with Gasteiger partial charge in [-0.1, -0.05) is 48.0 Å². The molecule has 1 aliphatic rings. The Hall–Kier alpha value is -2.64. The van der Waals surface area contributed by atoms with Crippen molar-refractivity contribution < 1.29 is 13.2 Å². The molecule has 0 unspecified atom stereocenters. The van der Waals surface area contributed by atoms with Gasteiger partial charge in [0.2, 0.25) is 5.91 Å². The molecule has 1 fully saturated rings. The summed E-state index contributed by atoms with van der Waals surface area (Å²) in [5.41, 5.74) is 2.61. The third-order valence-corrected chi connectivity index (χ3v) is 7.43. The lowest BCUT2D eigenvalue weighted by atomic mass is 10.2. The maximum atomic E-state index is 13.2. The average Bonchev–Trinajstić information content (AvgIpc) is 3.10. The molecule has 2 aromatic carbocycles. The number of fused-ring (bicyclic) bond motifs is 1. The van der Waals surface area contributed by atoms with Crippen LogP contribution in [0, 0.1) is 6.92 Å². The summed E-state index contributed by atoms with van der Waals surface area (Å²) in [6.07, 6.45) is 1.63. The standard InChI is InChI=1S/C23H27N3O3S/c1-18-7-9-19(10-8-18)17-30(28,29)22-15-26(21-6-4-3-5-20(21)22)16-23(27)25-13-11-24(2)12-14-25/h3-10,15H,11-14,16-17H2,1-2H3. The number of sulfone groups is 1. The van der Waals surface area contributed by atoms with Crippen molar-refractivity contribution in [2.75, 3.05) is 33.2 Å². The number of rotatable bonds is 5. The Bertz CT molecular complexity index is 1160. The molecule has 0 saturated carbocycles. The van der Waals surface area contributed by atoms with Gasteiger partial charge < -0.3 is 14.4 Å². The molecule has 0 atom stereocenters. The molecule has 2 heterocycles. The minimum absolute atomic E-state index is 0.0198. The predicted molar refractivity (Wildman–Crippen MR) is 118 cm³/mol. The van der Waals surface area contributed by atoms with E-state index in [1.165, 1.54) is 0 Å². The summed E-state index contributed by atoms with van der Waals surface area (Å²) < 4.78 is 28.2. The van der Waals surface area contributed by atoms with Crippen LogP contribution in [0.25, 0.3) is 10.9 Å². The third kappa shape index (κ3) is 4.27. The molecule has 0 aliphatic carbocycles. The molecule has 7 heteroatoms. The summed E-state index contributed by atoms with van der Waals surface area (Å²) in [6, 6.07) is 14.9. The number of para-hydroxylation sites is 1. The Balaban J connectivity index is 1.63. The highest BCUT2D eigenvalue weighted by atomic mass is 32.2. The van der Waals surface area contributed by atoms with Crippen LogP contribution >= 0.6 is 0 Å². The van der Waals surface area contributed by atoms with E-state index < -0.39 is 9.84 Å². The quantitative estimate of drug-likeness (QED) is 0.631. The SMILES string of the molecule is Cc1ccc(CS(=O)(=O)c2cn(CC(=O)N3CCN(C)CC3)c3ccccc23)cc1. The van der Waals surface area contributed by atoms with Gasteiger partial charge in [-0.05, 0) is 25.6 Å². The minimum atomic E-state index is -3.55. The zero-order valence-corrected chi connectivity index (χ0v) is 18.2. The molecular formula is C23H27N3O3S. The summed E-state index contributed by atoms with van der Waals surface area (Å²) in [7, 11) is -1.50. The number of amides is 1. The second kappa shape index (κ2) is 8.24. The second-order valence-electron chi connectivity index (χ2n) is 8.07. The van der Waals surface area contributed by atoms with Crippen molar-refractivity contribution in [3.8, 4) is 0 Å². The van der Waals surface area contributed by atoms with Crippen LogP contribution in [0.3, 0.4) is 0 Å². The van der Waals surface area contributed by atoms with Crippen molar-refractivity contribution in [3.63, 3.8) is 0 Å². The molecule has 0 bridgehead atoms. The summed E-state index contributed by atoms with van der Waals surface area (Å²) in [6.45, 7) is 5.23. The summed E-state index contributed by atoms with van der Waals surface area (Å²) >= 11 is 0. The summed E-state index contributed by atoms with van der Waals surface area (Å²) in [4.78, 5) is 17.2. The molecule has 0 N–H and O–H groups in total. The first-order valence-corrected chi connectivity index (χ1v) is 11.8. The van der Waals surface area contributed by atoms with E-state index in [9.17, 15) is 13.2 Å². The van der Waals surface area contributed by atoms with Crippen molar-refractivity contribution in [2.45, 2.75) is 24.1 Å². The second-order valence-corrected chi connectivity index (χ2v) is 10.0. The Morgan fingerprint density at radius 3 is 2.33 bits per heavy atom. The van der Waals surface area contributed by atoms with Gasteiger partial charge in [-0.25, -0.2) is 8.42 Å². The Kier molecular flexibility index (Phi) is 5.66. The highest BCUT2D eigenvalue weighted by Gasteiger charge is 2.24. The van der Waals surface area contributed by atoms with Crippen molar-refractivity contribution in [3.05, 3.63) is 65.9 Å². The van der Waals surface area contributed by atoms with Crippen molar-refractivity contribution in [1.29, 1.82) is 0 Å². The van der Waals surface area contributed by atoms with Gasteiger partial charge in [-0.3, -0.25) is 4.79 Å². The van der Waals surface area contributed by atoms with Gasteiger partial charge in [-0.2, -0.15) is 0 Å². The molecule has 1 aliphatic heterocycles. The first-order chi connectivity index (χ1) is 14.3. The lowest BCUT2D eigenvalue weighted by molar-refractivity contribution is -0.133. The number of benzene rings is 2. The van der Waals surface area contributed by atoms with Crippen LogP contribution in [-0.4, -0.2) is 61.9 Å². The van der Waals surface area contributed by atoms with Crippen LogP contribution in [0.5, 0.6) is 0 Å². The number of hydrogen-bond donors (Lipinski definition) is 0. The van der Waals surface area contributed by atoms with E-state index in [2.05, 4.69) is 4.90 Å². The fraction of sp³-hybridized carbons (Fsp3) is 0.348. The molecule has 3 aromatic rings. The summed E-state index contributed by atoms with van der Waals surface area (Å²) in [5, 5.41) is 0.663. The number of aromatic nitrogens is 1. The fourth-order valence-electron chi connectivity index (χ4n) is 3.87. The molecule has 1 amide bonds. The molecular weight excluding hydrogens is 398 g/mol. The van der Waals surface area contributed by atoms with Gasteiger partial charge in [0.25, 0.3) is 0 Å². The lowest BCUT2D eigenvalue weighted by Gasteiger charge is -2.32. The zero-order chi connectivity index (χ0) is 21.3. The molecule has 0 radical (unpaired) electrons. The molecule has 1 aromatic heterocycles. The topological polar surface area (TPSA) is 62.6 Å². The van der Waals surface area contributed by atoms with Gasteiger partial charge in [0, 0.05) is 43.3 Å². The van der Waals surface area contributed by atoms with E-state index in [1.54, 1.807) is 10.8 Å². The number of likely N-dealkylation sites (N-methyl/N-ethyl adjacent to an activating group) is 1. The normalized spacial score (nSPS) is 15.6. The third-order valence-electron chi connectivity index (χ3n) is 5.73. The maximum absolute atomic E-state index is 13.2. The monoisotopic (exact) mass is 425 g/mol. The van der Waals surface area contributed by atoms with Crippen molar-refractivity contribution in [1.82, 2.24) is 14.4 Å². The van der Waals surface area contributed by atoms with E-state index in [-0.39, 0.29) is 23.1 Å². The highest BCUT2D eigenvalue weighted by molar-refractivity contribution is 7.90. The number of piperazine rings is 1. The van der Waals surface area contributed by atoms with E-state index in [1.807, 2.05) is 67.4 Å². The lowest BCUT2D eigenvalue weighted by Crippen LogP contribution is -2.48.